The summed E-state index contributed by atoms with van der Waals surface area (Å²) in [6, 6.07) is 8.36. The van der Waals surface area contributed by atoms with Crippen molar-refractivity contribution in [1.29, 1.82) is 0 Å². The molecule has 0 aliphatic carbocycles. The second-order valence-corrected chi connectivity index (χ2v) is 3.81. The van der Waals surface area contributed by atoms with E-state index in [1.54, 1.807) is 7.05 Å². The van der Waals surface area contributed by atoms with Crippen molar-refractivity contribution in [3.05, 3.63) is 29.8 Å². The average molecular weight is 244 g/mol. The van der Waals surface area contributed by atoms with Gasteiger partial charge < -0.3 is 10.1 Å². The Labute approximate surface area is 106 Å². The first-order valence-corrected chi connectivity index (χ1v) is 5.86. The number of aryl methyl sites for hydroxylation is 1. The van der Waals surface area contributed by atoms with Crippen LogP contribution in [0.2, 0.25) is 0 Å². The van der Waals surface area contributed by atoms with Crippen LogP contribution in [0.3, 0.4) is 0 Å². The summed E-state index contributed by atoms with van der Waals surface area (Å²) in [7, 11) is 1.77. The van der Waals surface area contributed by atoms with Crippen molar-refractivity contribution in [1.82, 2.24) is 15.0 Å². The maximum absolute atomic E-state index is 5.33. The van der Waals surface area contributed by atoms with Crippen LogP contribution in [0.25, 0.3) is 11.4 Å². The van der Waals surface area contributed by atoms with E-state index < -0.39 is 0 Å². The zero-order valence-corrected chi connectivity index (χ0v) is 10.8. The molecule has 0 unspecified atom stereocenters. The summed E-state index contributed by atoms with van der Waals surface area (Å²) < 4.78 is 5.33. The maximum atomic E-state index is 5.33. The molecule has 0 aliphatic heterocycles. The minimum Gasteiger partial charge on any atom is -0.464 e. The molecule has 0 atom stereocenters. The van der Waals surface area contributed by atoms with Crippen molar-refractivity contribution in [3.63, 3.8) is 0 Å². The van der Waals surface area contributed by atoms with Gasteiger partial charge in [0.25, 0.3) is 0 Å². The maximum Gasteiger partial charge on any atom is 0.321 e. The molecule has 1 aromatic heterocycles. The van der Waals surface area contributed by atoms with Gasteiger partial charge >= 0.3 is 6.01 Å². The quantitative estimate of drug-likeness (QED) is 0.894. The molecule has 0 spiro atoms. The lowest BCUT2D eigenvalue weighted by Gasteiger charge is -2.07. The molecule has 5 heteroatoms. The van der Waals surface area contributed by atoms with Crippen molar-refractivity contribution < 1.29 is 4.74 Å². The van der Waals surface area contributed by atoms with Crippen molar-refractivity contribution in [2.45, 2.75) is 13.8 Å². The van der Waals surface area contributed by atoms with Gasteiger partial charge in [0, 0.05) is 12.6 Å². The number of benzene rings is 1. The van der Waals surface area contributed by atoms with Crippen molar-refractivity contribution >= 4 is 5.95 Å². The summed E-state index contributed by atoms with van der Waals surface area (Å²) in [6.45, 7) is 4.47. The second kappa shape index (κ2) is 5.44. The smallest absolute Gasteiger partial charge is 0.321 e. The van der Waals surface area contributed by atoms with Gasteiger partial charge in [0.1, 0.15) is 0 Å². The first-order chi connectivity index (χ1) is 8.72. The Bertz CT molecular complexity index is 525. The lowest BCUT2D eigenvalue weighted by atomic mass is 10.1. The van der Waals surface area contributed by atoms with Crippen molar-refractivity contribution in [2.24, 2.45) is 0 Å². The Morgan fingerprint density at radius 1 is 1.11 bits per heavy atom. The molecule has 2 aromatic rings. The van der Waals surface area contributed by atoms with E-state index in [1.165, 1.54) is 5.56 Å². The fourth-order valence-corrected chi connectivity index (χ4v) is 1.49. The lowest BCUT2D eigenvalue weighted by Crippen LogP contribution is -2.05. The molecular weight excluding hydrogens is 228 g/mol. The molecule has 1 heterocycles. The second-order valence-electron chi connectivity index (χ2n) is 3.81. The molecule has 0 saturated heterocycles. The summed E-state index contributed by atoms with van der Waals surface area (Å²) in [5.41, 5.74) is 2.15. The van der Waals surface area contributed by atoms with Gasteiger partial charge in [-0.05, 0) is 13.8 Å². The molecule has 0 saturated carbocycles. The monoisotopic (exact) mass is 244 g/mol. The van der Waals surface area contributed by atoms with E-state index in [0.29, 0.717) is 24.4 Å². The minimum atomic E-state index is 0.340. The van der Waals surface area contributed by atoms with Gasteiger partial charge in [-0.3, -0.25) is 0 Å². The van der Waals surface area contributed by atoms with Crippen LogP contribution in [0, 0.1) is 6.92 Å². The van der Waals surface area contributed by atoms with Crippen molar-refractivity contribution in [2.75, 3.05) is 19.0 Å². The molecule has 2 rings (SSSR count). The summed E-state index contributed by atoms with van der Waals surface area (Å²) in [5, 5.41) is 2.91. The number of hydrogen-bond donors (Lipinski definition) is 1. The Morgan fingerprint density at radius 3 is 2.44 bits per heavy atom. The van der Waals surface area contributed by atoms with E-state index in [9.17, 15) is 0 Å². The predicted octanol–water partition coefficient (Wildman–Crippen LogP) is 2.29. The van der Waals surface area contributed by atoms with Crippen molar-refractivity contribution in [3.8, 4) is 17.4 Å². The van der Waals surface area contributed by atoms with E-state index >= 15 is 0 Å². The SMILES string of the molecule is CCOc1nc(NC)nc(-c2ccc(C)cc2)n1. The van der Waals surface area contributed by atoms with E-state index in [1.807, 2.05) is 38.1 Å². The first kappa shape index (κ1) is 12.3. The summed E-state index contributed by atoms with van der Waals surface area (Å²) in [4.78, 5) is 12.7. The molecular formula is C13H16N4O. The standard InChI is InChI=1S/C13H16N4O/c1-4-18-13-16-11(15-12(14-3)17-13)10-7-5-9(2)6-8-10/h5-8H,4H2,1-3H3,(H,14,15,16,17). The highest BCUT2D eigenvalue weighted by atomic mass is 16.5. The van der Waals surface area contributed by atoms with Gasteiger partial charge in [-0.2, -0.15) is 15.0 Å². The van der Waals surface area contributed by atoms with Gasteiger partial charge in [0.15, 0.2) is 5.82 Å². The molecule has 94 valence electrons. The number of anilines is 1. The van der Waals surface area contributed by atoms with Gasteiger partial charge in [0.05, 0.1) is 6.61 Å². The topological polar surface area (TPSA) is 59.9 Å². The molecule has 0 radical (unpaired) electrons. The zero-order valence-electron chi connectivity index (χ0n) is 10.8. The minimum absolute atomic E-state index is 0.340. The van der Waals surface area contributed by atoms with E-state index in [0.717, 1.165) is 5.56 Å². The largest absolute Gasteiger partial charge is 0.464 e. The number of nitrogens with one attached hydrogen (secondary N) is 1. The number of aromatic nitrogens is 3. The summed E-state index contributed by atoms with van der Waals surface area (Å²) >= 11 is 0. The lowest BCUT2D eigenvalue weighted by molar-refractivity contribution is 0.312. The average Bonchev–Trinajstić information content (AvgIpc) is 2.39. The molecule has 5 nitrogen and oxygen atoms in total. The van der Waals surface area contributed by atoms with Gasteiger partial charge in [-0.15, -0.1) is 0 Å². The van der Waals surface area contributed by atoms with E-state index in [-0.39, 0.29) is 0 Å². The predicted molar refractivity (Wildman–Crippen MR) is 70.7 cm³/mol. The molecule has 0 amide bonds. The third-order valence-electron chi connectivity index (χ3n) is 2.42. The highest BCUT2D eigenvalue weighted by Gasteiger charge is 2.08. The molecule has 0 bridgehead atoms. The molecule has 0 fully saturated rings. The van der Waals surface area contributed by atoms with Crippen LogP contribution in [-0.2, 0) is 0 Å². The molecule has 0 aliphatic rings. The molecule has 1 aromatic carbocycles. The van der Waals surface area contributed by atoms with Crippen LogP contribution in [0.1, 0.15) is 12.5 Å². The van der Waals surface area contributed by atoms with E-state index in [4.69, 9.17) is 4.74 Å². The highest BCUT2D eigenvalue weighted by molar-refractivity contribution is 5.56. The number of rotatable bonds is 4. The Balaban J connectivity index is 2.42. The Morgan fingerprint density at radius 2 is 1.83 bits per heavy atom. The summed E-state index contributed by atoms with van der Waals surface area (Å²) in [6.07, 6.45) is 0. The zero-order chi connectivity index (χ0) is 13.0. The number of hydrogen-bond acceptors (Lipinski definition) is 5. The number of nitrogens with zero attached hydrogens (tertiary/aromatic N) is 3. The first-order valence-electron chi connectivity index (χ1n) is 5.86. The third-order valence-corrected chi connectivity index (χ3v) is 2.42. The molecule has 1 N–H and O–H groups in total. The highest BCUT2D eigenvalue weighted by Crippen LogP contribution is 2.19. The summed E-state index contributed by atoms with van der Waals surface area (Å²) in [5.74, 6) is 1.11. The fraction of sp³-hybridized carbons (Fsp3) is 0.308. The van der Waals surface area contributed by atoms with Crippen LogP contribution < -0.4 is 10.1 Å². The Kier molecular flexibility index (Phi) is 3.72. The number of ether oxygens (including phenoxy) is 1. The van der Waals surface area contributed by atoms with Gasteiger partial charge in [0.2, 0.25) is 5.95 Å². The van der Waals surface area contributed by atoms with Crippen LogP contribution >= 0.6 is 0 Å². The third kappa shape index (κ3) is 2.74. The van der Waals surface area contributed by atoms with Crippen LogP contribution in [0.4, 0.5) is 5.95 Å². The molecule has 18 heavy (non-hydrogen) atoms. The van der Waals surface area contributed by atoms with Crippen LogP contribution in [-0.4, -0.2) is 28.6 Å². The van der Waals surface area contributed by atoms with E-state index in [2.05, 4.69) is 20.3 Å². The van der Waals surface area contributed by atoms with Gasteiger partial charge in [-0.25, -0.2) is 0 Å². The fourth-order valence-electron chi connectivity index (χ4n) is 1.49. The normalized spacial score (nSPS) is 10.2. The Hall–Kier alpha value is -2.17. The van der Waals surface area contributed by atoms with Crippen LogP contribution in [0.5, 0.6) is 6.01 Å². The van der Waals surface area contributed by atoms with Gasteiger partial charge in [-0.1, -0.05) is 29.8 Å². The van der Waals surface area contributed by atoms with Crippen LogP contribution in [0.15, 0.2) is 24.3 Å².